The van der Waals surface area contributed by atoms with Crippen LogP contribution in [0.25, 0.3) is 22.9 Å². The number of nitriles is 1. The van der Waals surface area contributed by atoms with Crippen LogP contribution in [0.2, 0.25) is 0 Å². The molecule has 26 heavy (non-hydrogen) atoms. The molecule has 2 aromatic carbocycles. The van der Waals surface area contributed by atoms with E-state index in [2.05, 4.69) is 16.4 Å². The standard InChI is InChI=1S/C20H13FN4O/c1-12-15(10-22)19-24-17-4-2-3-5-18(17)25(19)20(26)16(12)11-23-14-8-6-13(21)7-9-14/h2-9,11,23H,1H3/b16-11+. The van der Waals surface area contributed by atoms with Gasteiger partial charge in [0.25, 0.3) is 5.56 Å². The van der Waals surface area contributed by atoms with Crippen LogP contribution in [0.15, 0.2) is 53.3 Å². The van der Waals surface area contributed by atoms with E-state index in [1.54, 1.807) is 37.4 Å². The number of fused-ring (bicyclic) bond motifs is 3. The second-order valence-electron chi connectivity index (χ2n) is 5.89. The smallest absolute Gasteiger partial charge is 0.265 e. The van der Waals surface area contributed by atoms with E-state index < -0.39 is 0 Å². The molecule has 6 heteroatoms. The minimum Gasteiger partial charge on any atom is -0.361 e. The lowest BCUT2D eigenvalue weighted by atomic mass is 10.1. The van der Waals surface area contributed by atoms with Gasteiger partial charge in [0.05, 0.1) is 21.8 Å². The summed E-state index contributed by atoms with van der Waals surface area (Å²) in [6.45, 7) is 1.72. The summed E-state index contributed by atoms with van der Waals surface area (Å²) in [6, 6.07) is 15.2. The van der Waals surface area contributed by atoms with Gasteiger partial charge >= 0.3 is 0 Å². The highest BCUT2D eigenvalue weighted by Crippen LogP contribution is 2.17. The number of hydrogen-bond acceptors (Lipinski definition) is 4. The fraction of sp³-hybridized carbons (Fsp3) is 0.0500. The molecule has 5 nitrogen and oxygen atoms in total. The number of halogens is 1. The van der Waals surface area contributed by atoms with E-state index >= 15 is 0 Å². The van der Waals surface area contributed by atoms with Crippen LogP contribution in [0, 0.1) is 24.1 Å². The summed E-state index contributed by atoms with van der Waals surface area (Å²) in [5.74, 6) is -0.339. The molecule has 0 fully saturated rings. The second-order valence-corrected chi connectivity index (χ2v) is 5.89. The third kappa shape index (κ3) is 2.38. The molecule has 126 valence electrons. The molecule has 0 saturated carbocycles. The number of nitrogens with zero attached hydrogens (tertiary/aromatic N) is 3. The highest BCUT2D eigenvalue weighted by Gasteiger charge is 2.15. The molecule has 0 bridgehead atoms. The first kappa shape index (κ1) is 15.8. The summed E-state index contributed by atoms with van der Waals surface area (Å²) in [7, 11) is 0. The second kappa shape index (κ2) is 5.97. The highest BCUT2D eigenvalue weighted by atomic mass is 19.1. The molecule has 0 radical (unpaired) electrons. The van der Waals surface area contributed by atoms with Crippen molar-refractivity contribution >= 4 is 28.6 Å². The van der Waals surface area contributed by atoms with E-state index in [0.717, 1.165) is 0 Å². The van der Waals surface area contributed by atoms with E-state index in [4.69, 9.17) is 0 Å². The molecule has 4 rings (SSSR count). The van der Waals surface area contributed by atoms with Crippen molar-refractivity contribution in [3.05, 3.63) is 81.0 Å². The van der Waals surface area contributed by atoms with Crippen LogP contribution in [0.4, 0.5) is 10.1 Å². The zero-order valence-electron chi connectivity index (χ0n) is 13.8. The molecule has 2 heterocycles. The van der Waals surface area contributed by atoms with E-state index in [-0.39, 0.29) is 11.4 Å². The fourth-order valence-corrected chi connectivity index (χ4v) is 2.99. The Balaban J connectivity index is 2.01. The first-order chi connectivity index (χ1) is 12.6. The number of rotatable bonds is 2. The number of pyridine rings is 1. The molecule has 0 spiro atoms. The Hall–Kier alpha value is -3.72. The molecule has 0 atom stereocenters. The topological polar surface area (TPSA) is 70.2 Å². The van der Waals surface area contributed by atoms with Gasteiger partial charge in [0.1, 0.15) is 11.9 Å². The van der Waals surface area contributed by atoms with Gasteiger partial charge in [-0.3, -0.25) is 9.20 Å². The Bertz CT molecular complexity index is 1300. The summed E-state index contributed by atoms with van der Waals surface area (Å²) in [6.07, 6.45) is 1.54. The van der Waals surface area contributed by atoms with Crippen LogP contribution in [-0.2, 0) is 0 Å². The number of benzene rings is 2. The fourth-order valence-electron chi connectivity index (χ4n) is 2.99. The summed E-state index contributed by atoms with van der Waals surface area (Å²) in [4.78, 5) is 17.5. The average molecular weight is 344 g/mol. The van der Waals surface area contributed by atoms with Gasteiger partial charge in [-0.15, -0.1) is 0 Å². The van der Waals surface area contributed by atoms with Crippen LogP contribution >= 0.6 is 0 Å². The van der Waals surface area contributed by atoms with Crippen LogP contribution in [0.3, 0.4) is 0 Å². The highest BCUT2D eigenvalue weighted by molar-refractivity contribution is 5.82. The Morgan fingerprint density at radius 2 is 1.92 bits per heavy atom. The molecule has 0 aliphatic heterocycles. The Morgan fingerprint density at radius 3 is 2.65 bits per heavy atom. The SMILES string of the molecule is Cc1c(C#N)c2nc3ccccc3n2c(=O)/c1=C/Nc1ccc(F)cc1. The van der Waals surface area contributed by atoms with Gasteiger partial charge in [0, 0.05) is 11.9 Å². The maximum absolute atomic E-state index is 13.1. The van der Waals surface area contributed by atoms with E-state index in [9.17, 15) is 14.4 Å². The first-order valence-electron chi connectivity index (χ1n) is 7.96. The van der Waals surface area contributed by atoms with Gasteiger partial charge in [0.2, 0.25) is 0 Å². The molecule has 4 aromatic rings. The lowest BCUT2D eigenvalue weighted by Crippen LogP contribution is -2.34. The predicted molar refractivity (Wildman–Crippen MR) is 98.1 cm³/mol. The summed E-state index contributed by atoms with van der Waals surface area (Å²) < 4.78 is 14.5. The van der Waals surface area contributed by atoms with Crippen molar-refractivity contribution < 1.29 is 4.39 Å². The Labute approximate surface area is 147 Å². The van der Waals surface area contributed by atoms with Gasteiger partial charge in [-0.1, -0.05) is 12.1 Å². The summed E-state index contributed by atoms with van der Waals surface area (Å²) in [5.41, 5.74) is 2.95. The van der Waals surface area contributed by atoms with Crippen molar-refractivity contribution in [3.8, 4) is 6.07 Å². The van der Waals surface area contributed by atoms with Crippen molar-refractivity contribution in [1.82, 2.24) is 9.38 Å². The predicted octanol–water partition coefficient (Wildman–Crippen LogP) is 2.74. The van der Waals surface area contributed by atoms with Crippen LogP contribution in [-0.4, -0.2) is 9.38 Å². The number of para-hydroxylation sites is 2. The molecule has 2 aromatic heterocycles. The average Bonchev–Trinajstić information content (AvgIpc) is 3.03. The zero-order chi connectivity index (χ0) is 18.3. The summed E-state index contributed by atoms with van der Waals surface area (Å²) >= 11 is 0. The number of aromatic nitrogens is 2. The van der Waals surface area contributed by atoms with Crippen LogP contribution in [0.1, 0.15) is 11.1 Å². The molecule has 1 N–H and O–H groups in total. The monoisotopic (exact) mass is 344 g/mol. The lowest BCUT2D eigenvalue weighted by Gasteiger charge is -2.04. The van der Waals surface area contributed by atoms with Crippen molar-refractivity contribution in [2.24, 2.45) is 0 Å². The molecule has 0 aliphatic rings. The maximum atomic E-state index is 13.1. The lowest BCUT2D eigenvalue weighted by molar-refractivity contribution is 0.628. The van der Waals surface area contributed by atoms with E-state index in [1.807, 2.05) is 12.1 Å². The quantitative estimate of drug-likeness (QED) is 0.607. The van der Waals surface area contributed by atoms with Crippen molar-refractivity contribution in [2.45, 2.75) is 6.92 Å². The van der Waals surface area contributed by atoms with Gasteiger partial charge in [-0.05, 0) is 48.9 Å². The normalized spacial score (nSPS) is 11.8. The van der Waals surface area contributed by atoms with Crippen LogP contribution in [0.5, 0.6) is 0 Å². The van der Waals surface area contributed by atoms with E-state index in [0.29, 0.717) is 38.7 Å². The third-order valence-electron chi connectivity index (χ3n) is 4.34. The molecule has 0 amide bonds. The zero-order valence-corrected chi connectivity index (χ0v) is 13.8. The number of nitrogens with one attached hydrogen (secondary N) is 1. The largest absolute Gasteiger partial charge is 0.361 e. The van der Waals surface area contributed by atoms with Crippen molar-refractivity contribution in [3.63, 3.8) is 0 Å². The minimum atomic E-state index is -0.339. The molecular weight excluding hydrogens is 331 g/mol. The number of anilines is 1. The maximum Gasteiger partial charge on any atom is 0.265 e. The number of hydrogen-bond donors (Lipinski definition) is 1. The Kier molecular flexibility index (Phi) is 3.63. The number of imidazole rings is 1. The molecule has 0 unspecified atom stereocenters. The minimum absolute atomic E-state index is 0.264. The van der Waals surface area contributed by atoms with Gasteiger partial charge < -0.3 is 5.32 Å². The first-order valence-corrected chi connectivity index (χ1v) is 7.96. The van der Waals surface area contributed by atoms with Crippen molar-refractivity contribution in [1.29, 1.82) is 5.26 Å². The third-order valence-corrected chi connectivity index (χ3v) is 4.34. The van der Waals surface area contributed by atoms with Gasteiger partial charge in [-0.2, -0.15) is 5.26 Å². The van der Waals surface area contributed by atoms with Crippen molar-refractivity contribution in [2.75, 3.05) is 5.32 Å². The Morgan fingerprint density at radius 1 is 1.19 bits per heavy atom. The molecular formula is C20H13FN4O. The van der Waals surface area contributed by atoms with Gasteiger partial charge in [-0.25, -0.2) is 9.37 Å². The summed E-state index contributed by atoms with van der Waals surface area (Å²) in [5, 5.41) is 12.9. The van der Waals surface area contributed by atoms with Crippen LogP contribution < -0.4 is 16.1 Å². The molecule has 0 saturated heterocycles. The van der Waals surface area contributed by atoms with E-state index in [1.165, 1.54) is 16.5 Å². The molecule has 0 aliphatic carbocycles. The van der Waals surface area contributed by atoms with Gasteiger partial charge in [0.15, 0.2) is 5.65 Å².